The highest BCUT2D eigenvalue weighted by Gasteiger charge is 2.33. The number of hydrogen-bond donors (Lipinski definition) is 1. The third kappa shape index (κ3) is 4.39. The van der Waals surface area contributed by atoms with Crippen molar-refractivity contribution in [2.45, 2.75) is 52.7 Å². The molecule has 0 amide bonds. The number of carbonyl (C=O) groups excluding carboxylic acids is 1. The highest BCUT2D eigenvalue weighted by Crippen LogP contribution is 2.47. The molecule has 33 heavy (non-hydrogen) atoms. The predicted molar refractivity (Wildman–Crippen MR) is 133 cm³/mol. The Labute approximate surface area is 199 Å². The van der Waals surface area contributed by atoms with Crippen molar-refractivity contribution < 1.29 is 19.0 Å². The number of aryl methyl sites for hydroxylation is 1. The van der Waals surface area contributed by atoms with Gasteiger partial charge in [-0.1, -0.05) is 6.07 Å². The fourth-order valence-electron chi connectivity index (χ4n) is 4.58. The number of hydrogen-bond acceptors (Lipinski definition) is 6. The van der Waals surface area contributed by atoms with Crippen LogP contribution >= 0.6 is 11.3 Å². The van der Waals surface area contributed by atoms with Crippen LogP contribution in [0.3, 0.4) is 0 Å². The molecule has 0 unspecified atom stereocenters. The average molecular weight is 469 g/mol. The zero-order valence-corrected chi connectivity index (χ0v) is 20.6. The lowest BCUT2D eigenvalue weighted by Gasteiger charge is -2.24. The van der Waals surface area contributed by atoms with E-state index in [1.165, 1.54) is 5.56 Å². The summed E-state index contributed by atoms with van der Waals surface area (Å²) < 4.78 is 19.4. The minimum Gasteiger partial charge on any atom is -0.493 e. The van der Waals surface area contributed by atoms with Crippen LogP contribution in [0.15, 0.2) is 29.6 Å². The Balaban J connectivity index is 2.02. The summed E-state index contributed by atoms with van der Waals surface area (Å²) in [6.07, 6.45) is 2.32. The highest BCUT2D eigenvalue weighted by atomic mass is 32.1. The quantitative estimate of drug-likeness (QED) is 0.431. The van der Waals surface area contributed by atoms with Gasteiger partial charge in [0.1, 0.15) is 5.69 Å². The number of aromatic nitrogens is 1. The maximum Gasteiger partial charge on any atom is 0.355 e. The first-order valence-corrected chi connectivity index (χ1v) is 12.4. The van der Waals surface area contributed by atoms with E-state index in [1.54, 1.807) is 18.4 Å². The second kappa shape index (κ2) is 10.0. The van der Waals surface area contributed by atoms with Gasteiger partial charge in [0.05, 0.1) is 25.5 Å². The largest absolute Gasteiger partial charge is 0.493 e. The van der Waals surface area contributed by atoms with Gasteiger partial charge in [0, 0.05) is 22.5 Å². The molecule has 4 rings (SSSR count). The number of nitrogens with two attached hydrogens (primary N) is 1. The third-order valence-electron chi connectivity index (χ3n) is 5.84. The van der Waals surface area contributed by atoms with Crippen LogP contribution in [0, 0.1) is 0 Å². The number of rotatable bonds is 9. The van der Waals surface area contributed by atoms with E-state index in [0.717, 1.165) is 52.3 Å². The van der Waals surface area contributed by atoms with Gasteiger partial charge in [0.25, 0.3) is 0 Å². The van der Waals surface area contributed by atoms with Crippen LogP contribution in [0.1, 0.15) is 48.8 Å². The molecule has 0 saturated heterocycles. The molecule has 0 bridgehead atoms. The maximum atomic E-state index is 13.2. The molecular weight excluding hydrogens is 436 g/mol. The number of esters is 1. The maximum absolute atomic E-state index is 13.2. The van der Waals surface area contributed by atoms with Crippen LogP contribution in [0.4, 0.5) is 0 Å². The van der Waals surface area contributed by atoms with E-state index >= 15 is 0 Å². The first kappa shape index (κ1) is 23.4. The van der Waals surface area contributed by atoms with Gasteiger partial charge in [-0.3, -0.25) is 0 Å². The average Bonchev–Trinajstić information content (AvgIpc) is 3.42. The van der Waals surface area contributed by atoms with Crippen molar-refractivity contribution in [2.75, 3.05) is 20.3 Å². The molecule has 0 aliphatic carbocycles. The molecule has 7 heteroatoms. The Hall–Kier alpha value is -2.77. The summed E-state index contributed by atoms with van der Waals surface area (Å²) in [4.78, 5) is 14.3. The van der Waals surface area contributed by atoms with Crippen molar-refractivity contribution in [3.63, 3.8) is 0 Å². The molecule has 1 aromatic carbocycles. The number of fused-ring (bicyclic) bond motifs is 3. The summed E-state index contributed by atoms with van der Waals surface area (Å²) in [5.74, 6) is 1.16. The standard InChI is InChI=1S/C26H32N2O4S/c1-5-31-26(29)25-18(8-6-11-27)23(22-9-7-13-33-22)24-19-15-21(32-16(2)3)20(30-4)14-17(19)10-12-28(24)25/h7,9,13-16H,5-6,8,10-12,27H2,1-4H3. The molecule has 0 spiro atoms. The second-order valence-electron chi connectivity index (χ2n) is 8.37. The molecule has 1 aliphatic rings. The van der Waals surface area contributed by atoms with Crippen molar-refractivity contribution in [1.29, 1.82) is 0 Å². The number of thiophene rings is 1. The fraction of sp³-hybridized carbons (Fsp3) is 0.423. The SMILES string of the molecule is CCOC(=O)c1c(CCCN)c(-c2cccs2)c2n1CCc1cc(OC)c(OC(C)C)cc1-2. The van der Waals surface area contributed by atoms with Gasteiger partial charge < -0.3 is 24.5 Å². The van der Waals surface area contributed by atoms with Gasteiger partial charge in [-0.25, -0.2) is 4.79 Å². The Kier molecular flexibility index (Phi) is 7.10. The van der Waals surface area contributed by atoms with E-state index in [-0.39, 0.29) is 12.1 Å². The first-order valence-electron chi connectivity index (χ1n) is 11.5. The number of methoxy groups -OCH3 is 1. The van der Waals surface area contributed by atoms with Crippen molar-refractivity contribution in [3.05, 3.63) is 46.5 Å². The number of nitrogens with zero attached hydrogens (tertiary/aromatic N) is 1. The lowest BCUT2D eigenvalue weighted by Crippen LogP contribution is -2.19. The van der Waals surface area contributed by atoms with Crippen molar-refractivity contribution >= 4 is 17.3 Å². The lowest BCUT2D eigenvalue weighted by molar-refractivity contribution is 0.0512. The fourth-order valence-corrected chi connectivity index (χ4v) is 5.38. The molecule has 0 radical (unpaired) electrons. The van der Waals surface area contributed by atoms with Gasteiger partial charge in [0.15, 0.2) is 11.5 Å². The number of ether oxygens (including phenoxy) is 3. The van der Waals surface area contributed by atoms with Gasteiger partial charge in [-0.2, -0.15) is 0 Å². The molecule has 3 heterocycles. The van der Waals surface area contributed by atoms with Crippen LogP contribution in [0.25, 0.3) is 21.7 Å². The Morgan fingerprint density at radius 3 is 2.73 bits per heavy atom. The van der Waals surface area contributed by atoms with Crippen LogP contribution in [0.5, 0.6) is 11.5 Å². The van der Waals surface area contributed by atoms with E-state index in [0.29, 0.717) is 31.1 Å². The predicted octanol–water partition coefficient (Wildman–Crippen LogP) is 5.30. The van der Waals surface area contributed by atoms with Gasteiger partial charge in [0.2, 0.25) is 0 Å². The zero-order valence-electron chi connectivity index (χ0n) is 19.8. The van der Waals surface area contributed by atoms with E-state index in [4.69, 9.17) is 19.9 Å². The summed E-state index contributed by atoms with van der Waals surface area (Å²) in [5, 5.41) is 2.07. The number of benzene rings is 1. The Morgan fingerprint density at radius 2 is 2.09 bits per heavy atom. The lowest BCUT2D eigenvalue weighted by atomic mass is 9.93. The minimum absolute atomic E-state index is 0.0132. The molecule has 1 aliphatic heterocycles. The second-order valence-corrected chi connectivity index (χ2v) is 9.32. The smallest absolute Gasteiger partial charge is 0.355 e. The van der Waals surface area contributed by atoms with E-state index in [1.807, 2.05) is 26.8 Å². The normalized spacial score (nSPS) is 12.4. The summed E-state index contributed by atoms with van der Waals surface area (Å²) in [5.41, 5.74) is 12.0. The minimum atomic E-state index is -0.274. The number of carbonyl (C=O) groups is 1. The third-order valence-corrected chi connectivity index (χ3v) is 6.73. The summed E-state index contributed by atoms with van der Waals surface area (Å²) in [7, 11) is 1.67. The molecule has 0 atom stereocenters. The molecule has 0 saturated carbocycles. The molecule has 176 valence electrons. The zero-order chi connectivity index (χ0) is 23.5. The van der Waals surface area contributed by atoms with Crippen molar-refractivity contribution in [2.24, 2.45) is 5.73 Å². The van der Waals surface area contributed by atoms with Gasteiger partial charge in [-0.15, -0.1) is 11.3 Å². The van der Waals surface area contributed by atoms with E-state index < -0.39 is 0 Å². The molecule has 3 aromatic rings. The topological polar surface area (TPSA) is 75.7 Å². The van der Waals surface area contributed by atoms with E-state index in [2.05, 4.69) is 28.1 Å². The van der Waals surface area contributed by atoms with Crippen LogP contribution < -0.4 is 15.2 Å². The summed E-state index contributed by atoms with van der Waals surface area (Å²) in [6.45, 7) is 7.45. The van der Waals surface area contributed by atoms with Gasteiger partial charge >= 0.3 is 5.97 Å². The summed E-state index contributed by atoms with van der Waals surface area (Å²) >= 11 is 1.68. The van der Waals surface area contributed by atoms with E-state index in [9.17, 15) is 4.79 Å². The molecular formula is C26H32N2O4S. The van der Waals surface area contributed by atoms with Crippen molar-refractivity contribution in [3.8, 4) is 33.2 Å². The molecule has 2 N–H and O–H groups in total. The Morgan fingerprint density at radius 1 is 1.27 bits per heavy atom. The molecule has 6 nitrogen and oxygen atoms in total. The van der Waals surface area contributed by atoms with Gasteiger partial charge in [-0.05, 0) is 81.3 Å². The van der Waals surface area contributed by atoms with Crippen LogP contribution in [0.2, 0.25) is 0 Å². The van der Waals surface area contributed by atoms with Crippen LogP contribution in [-0.2, 0) is 24.1 Å². The van der Waals surface area contributed by atoms with Crippen LogP contribution in [-0.4, -0.2) is 36.9 Å². The highest BCUT2D eigenvalue weighted by molar-refractivity contribution is 7.13. The summed E-state index contributed by atoms with van der Waals surface area (Å²) in [6, 6.07) is 8.31. The Bertz CT molecular complexity index is 1130. The van der Waals surface area contributed by atoms with Crippen molar-refractivity contribution in [1.82, 2.24) is 4.57 Å². The first-order chi connectivity index (χ1) is 16.0. The molecule has 2 aromatic heterocycles. The molecule has 0 fully saturated rings. The monoisotopic (exact) mass is 468 g/mol.